The quantitative estimate of drug-likeness (QED) is 0.517. The van der Waals surface area contributed by atoms with Crippen molar-refractivity contribution in [2.75, 3.05) is 6.54 Å². The van der Waals surface area contributed by atoms with Crippen LogP contribution >= 0.6 is 23.2 Å². The molecular weight excluding hydrogens is 405 g/mol. The topological polar surface area (TPSA) is 35.9 Å². The summed E-state index contributed by atoms with van der Waals surface area (Å²) in [5.41, 5.74) is 2.88. The fourth-order valence-corrected chi connectivity index (χ4v) is 3.84. The predicted molar refractivity (Wildman–Crippen MR) is 117 cm³/mol. The van der Waals surface area contributed by atoms with E-state index in [1.54, 1.807) is 12.3 Å². The molecule has 4 nitrogen and oxygen atoms in total. The standard InChI is InChI=1S/C23H19Cl2N3O/c24-20-10-4-8-18(12-20)14-26-28-22(29)16-27(15-17-6-2-1-3-7-17)23(28)19-9-5-11-21(25)13-19/h1-14,23H,15-16H2/b26-14-/t23-/m1/s1. The van der Waals surface area contributed by atoms with Gasteiger partial charge < -0.3 is 0 Å². The molecule has 0 aliphatic carbocycles. The number of carbonyl (C=O) groups is 1. The lowest BCUT2D eigenvalue weighted by Gasteiger charge is -2.27. The largest absolute Gasteiger partial charge is 0.271 e. The average Bonchev–Trinajstić information content (AvgIpc) is 3.02. The molecule has 3 aromatic carbocycles. The Labute approximate surface area is 180 Å². The Hall–Kier alpha value is -2.66. The number of hydrazone groups is 1. The van der Waals surface area contributed by atoms with Crippen molar-refractivity contribution in [3.8, 4) is 0 Å². The first kappa shape index (κ1) is 19.6. The van der Waals surface area contributed by atoms with Crippen LogP contribution in [0.4, 0.5) is 0 Å². The van der Waals surface area contributed by atoms with Gasteiger partial charge in [-0.15, -0.1) is 0 Å². The lowest BCUT2D eigenvalue weighted by atomic mass is 10.1. The summed E-state index contributed by atoms with van der Waals surface area (Å²) in [6.45, 7) is 0.909. The Morgan fingerprint density at radius 2 is 1.66 bits per heavy atom. The lowest BCUT2D eigenvalue weighted by molar-refractivity contribution is -0.128. The third-order valence-corrected chi connectivity index (χ3v) is 5.20. The van der Waals surface area contributed by atoms with E-state index >= 15 is 0 Å². The zero-order valence-electron chi connectivity index (χ0n) is 15.6. The number of hydrogen-bond donors (Lipinski definition) is 0. The van der Waals surface area contributed by atoms with Crippen molar-refractivity contribution < 1.29 is 4.79 Å². The summed E-state index contributed by atoms with van der Waals surface area (Å²) in [6.07, 6.45) is 1.32. The van der Waals surface area contributed by atoms with Gasteiger partial charge in [0.25, 0.3) is 5.91 Å². The molecule has 0 aromatic heterocycles. The highest BCUT2D eigenvalue weighted by Gasteiger charge is 2.39. The van der Waals surface area contributed by atoms with E-state index in [2.05, 4.69) is 22.1 Å². The summed E-state index contributed by atoms with van der Waals surface area (Å²) in [5, 5.41) is 7.28. The van der Waals surface area contributed by atoms with Crippen molar-refractivity contribution >= 4 is 35.3 Å². The molecule has 1 aliphatic heterocycles. The summed E-state index contributed by atoms with van der Waals surface area (Å²) < 4.78 is 0. The number of nitrogens with zero attached hydrogens (tertiary/aromatic N) is 3. The second kappa shape index (κ2) is 8.78. The molecule has 0 saturated carbocycles. The van der Waals surface area contributed by atoms with Gasteiger partial charge in [-0.2, -0.15) is 5.10 Å². The molecule has 1 fully saturated rings. The van der Waals surface area contributed by atoms with Crippen molar-refractivity contribution in [1.29, 1.82) is 0 Å². The minimum absolute atomic E-state index is 0.0656. The van der Waals surface area contributed by atoms with Gasteiger partial charge in [-0.05, 0) is 41.0 Å². The van der Waals surface area contributed by atoms with E-state index in [1.165, 1.54) is 5.01 Å². The van der Waals surface area contributed by atoms with Crippen molar-refractivity contribution in [2.45, 2.75) is 12.7 Å². The summed E-state index contributed by atoms with van der Waals surface area (Å²) >= 11 is 12.3. The van der Waals surface area contributed by atoms with Crippen LogP contribution in [0.1, 0.15) is 22.9 Å². The molecule has 1 atom stereocenters. The molecule has 0 unspecified atom stereocenters. The van der Waals surface area contributed by atoms with Crippen LogP contribution in [0.2, 0.25) is 10.0 Å². The second-order valence-electron chi connectivity index (χ2n) is 6.86. The SMILES string of the molecule is O=C1CN(Cc2ccccc2)[C@@H](c2cccc(Cl)c2)N1/N=C\c1cccc(Cl)c1. The molecule has 1 aliphatic rings. The van der Waals surface area contributed by atoms with Crippen LogP contribution in [0.5, 0.6) is 0 Å². The van der Waals surface area contributed by atoms with Crippen LogP contribution in [-0.4, -0.2) is 28.6 Å². The van der Waals surface area contributed by atoms with Crippen LogP contribution in [-0.2, 0) is 11.3 Å². The Bertz CT molecular complexity index is 1040. The fourth-order valence-electron chi connectivity index (χ4n) is 3.45. The average molecular weight is 424 g/mol. The monoisotopic (exact) mass is 423 g/mol. The molecule has 1 amide bonds. The molecule has 3 aromatic rings. The van der Waals surface area contributed by atoms with Crippen LogP contribution in [0.25, 0.3) is 0 Å². The summed E-state index contributed by atoms with van der Waals surface area (Å²) in [6, 6.07) is 25.0. The number of hydrogen-bond acceptors (Lipinski definition) is 3. The molecule has 1 saturated heterocycles. The Kier molecular flexibility index (Phi) is 5.95. The Morgan fingerprint density at radius 1 is 0.931 bits per heavy atom. The van der Waals surface area contributed by atoms with Crippen molar-refractivity contribution in [2.24, 2.45) is 5.10 Å². The van der Waals surface area contributed by atoms with Gasteiger partial charge in [0.1, 0.15) is 6.17 Å². The van der Waals surface area contributed by atoms with E-state index in [9.17, 15) is 4.79 Å². The van der Waals surface area contributed by atoms with E-state index in [0.717, 1.165) is 16.7 Å². The maximum absolute atomic E-state index is 12.8. The minimum atomic E-state index is -0.336. The third kappa shape index (κ3) is 4.67. The molecule has 0 N–H and O–H groups in total. The summed E-state index contributed by atoms with van der Waals surface area (Å²) in [5.74, 6) is -0.0656. The van der Waals surface area contributed by atoms with E-state index < -0.39 is 0 Å². The highest BCUT2D eigenvalue weighted by atomic mass is 35.5. The molecule has 0 spiro atoms. The molecule has 29 heavy (non-hydrogen) atoms. The van der Waals surface area contributed by atoms with Crippen LogP contribution < -0.4 is 0 Å². The van der Waals surface area contributed by atoms with E-state index in [-0.39, 0.29) is 18.6 Å². The van der Waals surface area contributed by atoms with Crippen LogP contribution in [0.15, 0.2) is 84.0 Å². The van der Waals surface area contributed by atoms with E-state index in [0.29, 0.717) is 16.6 Å². The van der Waals surface area contributed by atoms with Gasteiger partial charge in [0.05, 0.1) is 12.8 Å². The zero-order valence-corrected chi connectivity index (χ0v) is 17.1. The number of carbonyl (C=O) groups excluding carboxylic acids is 1. The highest BCUT2D eigenvalue weighted by molar-refractivity contribution is 6.31. The normalized spacial score (nSPS) is 17.4. The molecule has 6 heteroatoms. The number of halogens is 2. The third-order valence-electron chi connectivity index (χ3n) is 4.73. The first-order valence-corrected chi connectivity index (χ1v) is 10.0. The van der Waals surface area contributed by atoms with Gasteiger partial charge in [-0.25, -0.2) is 5.01 Å². The number of benzene rings is 3. The van der Waals surface area contributed by atoms with Gasteiger partial charge >= 0.3 is 0 Å². The fraction of sp³-hybridized carbons (Fsp3) is 0.130. The summed E-state index contributed by atoms with van der Waals surface area (Å²) in [4.78, 5) is 14.9. The molecule has 0 bridgehead atoms. The Morgan fingerprint density at radius 3 is 2.38 bits per heavy atom. The smallest absolute Gasteiger partial charge is 0.258 e. The Balaban J connectivity index is 1.67. The first-order valence-electron chi connectivity index (χ1n) is 9.25. The second-order valence-corrected chi connectivity index (χ2v) is 7.73. The van der Waals surface area contributed by atoms with Crippen molar-refractivity contribution in [3.05, 3.63) is 106 Å². The number of amides is 1. The molecule has 146 valence electrons. The maximum Gasteiger partial charge on any atom is 0.258 e. The molecule has 0 radical (unpaired) electrons. The number of rotatable bonds is 5. The van der Waals surface area contributed by atoms with Crippen LogP contribution in [0.3, 0.4) is 0 Å². The summed E-state index contributed by atoms with van der Waals surface area (Å²) in [7, 11) is 0. The van der Waals surface area contributed by atoms with Gasteiger partial charge in [0.15, 0.2) is 0 Å². The predicted octanol–water partition coefficient (Wildman–Crippen LogP) is 5.37. The first-order chi connectivity index (χ1) is 14.1. The van der Waals surface area contributed by atoms with Crippen LogP contribution in [0, 0.1) is 0 Å². The highest BCUT2D eigenvalue weighted by Crippen LogP contribution is 2.33. The zero-order chi connectivity index (χ0) is 20.2. The van der Waals surface area contributed by atoms with Gasteiger partial charge in [-0.1, -0.05) is 77.8 Å². The molecular formula is C23H19Cl2N3O. The van der Waals surface area contributed by atoms with Crippen molar-refractivity contribution in [3.63, 3.8) is 0 Å². The van der Waals surface area contributed by atoms with Crippen molar-refractivity contribution in [1.82, 2.24) is 9.91 Å². The van der Waals surface area contributed by atoms with Gasteiger partial charge in [0, 0.05) is 16.6 Å². The van der Waals surface area contributed by atoms with E-state index in [1.807, 2.05) is 60.7 Å². The maximum atomic E-state index is 12.8. The van der Waals surface area contributed by atoms with E-state index in [4.69, 9.17) is 23.2 Å². The molecule has 4 rings (SSSR count). The minimum Gasteiger partial charge on any atom is -0.271 e. The molecule has 1 heterocycles. The van der Waals surface area contributed by atoms with Gasteiger partial charge in [0.2, 0.25) is 0 Å². The van der Waals surface area contributed by atoms with Gasteiger partial charge in [-0.3, -0.25) is 9.69 Å². The lowest BCUT2D eigenvalue weighted by Crippen LogP contribution is -2.28.